The summed E-state index contributed by atoms with van der Waals surface area (Å²) in [6.07, 6.45) is 5.01. The van der Waals surface area contributed by atoms with Gasteiger partial charge in [-0.25, -0.2) is 0 Å². The highest BCUT2D eigenvalue weighted by atomic mass is 16.1. The predicted molar refractivity (Wildman–Crippen MR) is 71.3 cm³/mol. The zero-order valence-electron chi connectivity index (χ0n) is 9.95. The van der Waals surface area contributed by atoms with E-state index >= 15 is 0 Å². The first kappa shape index (κ1) is 11.3. The highest BCUT2D eigenvalue weighted by Crippen LogP contribution is 2.16. The molecule has 0 atom stereocenters. The number of aromatic nitrogens is 4. The fourth-order valence-electron chi connectivity index (χ4n) is 1.77. The van der Waals surface area contributed by atoms with Crippen molar-refractivity contribution in [3.63, 3.8) is 0 Å². The van der Waals surface area contributed by atoms with Gasteiger partial charge >= 0.3 is 0 Å². The lowest BCUT2D eigenvalue weighted by Crippen LogP contribution is -2.09. The Morgan fingerprint density at radius 3 is 2.58 bits per heavy atom. The molecule has 0 fully saturated rings. The van der Waals surface area contributed by atoms with Crippen LogP contribution in [-0.2, 0) is 0 Å². The van der Waals surface area contributed by atoms with Gasteiger partial charge in [0.25, 0.3) is 5.56 Å². The van der Waals surface area contributed by atoms with E-state index in [2.05, 4.69) is 19.9 Å². The normalized spacial score (nSPS) is 10.3. The van der Waals surface area contributed by atoms with Gasteiger partial charge in [-0.05, 0) is 24.3 Å². The van der Waals surface area contributed by atoms with E-state index in [9.17, 15) is 4.79 Å². The molecule has 0 amide bonds. The second-order valence-corrected chi connectivity index (χ2v) is 3.93. The molecule has 0 radical (unpaired) electrons. The van der Waals surface area contributed by atoms with Crippen molar-refractivity contribution >= 4 is 0 Å². The van der Waals surface area contributed by atoms with E-state index in [4.69, 9.17) is 0 Å². The number of nitrogens with zero attached hydrogens (tertiary/aromatic N) is 3. The van der Waals surface area contributed by atoms with Gasteiger partial charge in [0, 0.05) is 30.2 Å². The van der Waals surface area contributed by atoms with Crippen molar-refractivity contribution < 1.29 is 0 Å². The van der Waals surface area contributed by atoms with Gasteiger partial charge in [0.2, 0.25) is 0 Å². The molecule has 0 saturated carbocycles. The van der Waals surface area contributed by atoms with Crippen molar-refractivity contribution in [1.82, 2.24) is 19.9 Å². The molecule has 3 aromatic rings. The Balaban J connectivity index is 2.15. The van der Waals surface area contributed by atoms with E-state index in [0.29, 0.717) is 17.2 Å². The average Bonchev–Trinajstić information content (AvgIpc) is 2.48. The minimum atomic E-state index is -0.300. The SMILES string of the molecule is O=c1cc(-c2ccncc2)[nH]c(-c2ccccn2)n1. The van der Waals surface area contributed by atoms with Crippen LogP contribution in [0, 0.1) is 0 Å². The molecule has 0 aliphatic heterocycles. The third-order valence-corrected chi connectivity index (χ3v) is 2.64. The summed E-state index contributed by atoms with van der Waals surface area (Å²) < 4.78 is 0. The Bertz CT molecular complexity index is 677. The number of pyridine rings is 2. The van der Waals surface area contributed by atoms with Crippen LogP contribution in [0.1, 0.15) is 0 Å². The first-order valence-corrected chi connectivity index (χ1v) is 5.76. The van der Waals surface area contributed by atoms with Crippen molar-refractivity contribution in [2.45, 2.75) is 0 Å². The molecule has 0 aliphatic rings. The molecule has 1 N–H and O–H groups in total. The molecular weight excluding hydrogens is 240 g/mol. The summed E-state index contributed by atoms with van der Waals surface area (Å²) >= 11 is 0. The van der Waals surface area contributed by atoms with Crippen molar-refractivity contribution in [1.29, 1.82) is 0 Å². The fourth-order valence-corrected chi connectivity index (χ4v) is 1.77. The van der Waals surface area contributed by atoms with Crippen LogP contribution < -0.4 is 5.56 Å². The van der Waals surface area contributed by atoms with Gasteiger partial charge in [-0.3, -0.25) is 14.8 Å². The van der Waals surface area contributed by atoms with E-state index in [1.165, 1.54) is 6.07 Å². The lowest BCUT2D eigenvalue weighted by atomic mass is 10.2. The molecule has 0 unspecified atom stereocenters. The van der Waals surface area contributed by atoms with Crippen molar-refractivity contribution in [2.24, 2.45) is 0 Å². The van der Waals surface area contributed by atoms with Crippen molar-refractivity contribution in [2.75, 3.05) is 0 Å². The quantitative estimate of drug-likeness (QED) is 0.754. The molecular formula is C14H10N4O. The van der Waals surface area contributed by atoms with Crippen molar-refractivity contribution in [3.05, 3.63) is 65.3 Å². The maximum atomic E-state index is 11.7. The fraction of sp³-hybridized carbons (Fsp3) is 0. The zero-order chi connectivity index (χ0) is 13.1. The van der Waals surface area contributed by atoms with Gasteiger partial charge in [0.05, 0.1) is 5.69 Å². The van der Waals surface area contributed by atoms with Gasteiger partial charge in [-0.15, -0.1) is 0 Å². The smallest absolute Gasteiger partial charge is 0.273 e. The maximum absolute atomic E-state index is 11.7. The first-order chi connectivity index (χ1) is 9.33. The topological polar surface area (TPSA) is 71.5 Å². The number of hydrogen-bond acceptors (Lipinski definition) is 4. The Labute approximate surface area is 109 Å². The molecule has 0 aromatic carbocycles. The molecule has 3 aromatic heterocycles. The molecule has 0 saturated heterocycles. The third kappa shape index (κ3) is 2.40. The van der Waals surface area contributed by atoms with E-state index in [0.717, 1.165) is 5.56 Å². The number of hydrogen-bond donors (Lipinski definition) is 1. The van der Waals surface area contributed by atoms with Gasteiger partial charge in [-0.2, -0.15) is 4.98 Å². The van der Waals surface area contributed by atoms with Crippen LogP contribution in [0.3, 0.4) is 0 Å². The summed E-state index contributed by atoms with van der Waals surface area (Å²) in [5, 5.41) is 0. The Kier molecular flexibility index (Phi) is 2.86. The molecule has 3 rings (SSSR count). The second-order valence-electron chi connectivity index (χ2n) is 3.93. The van der Waals surface area contributed by atoms with Gasteiger partial charge in [0.15, 0.2) is 5.82 Å². The van der Waals surface area contributed by atoms with Crippen molar-refractivity contribution in [3.8, 4) is 22.8 Å². The van der Waals surface area contributed by atoms with Crippen LogP contribution >= 0.6 is 0 Å². The summed E-state index contributed by atoms with van der Waals surface area (Å²) in [6, 6.07) is 10.6. The highest BCUT2D eigenvalue weighted by Gasteiger charge is 2.05. The number of aromatic amines is 1. The Morgan fingerprint density at radius 1 is 1.00 bits per heavy atom. The molecule has 5 heteroatoms. The minimum Gasteiger partial charge on any atom is -0.338 e. The number of rotatable bonds is 2. The van der Waals surface area contributed by atoms with Crippen LogP contribution in [0.25, 0.3) is 22.8 Å². The van der Waals surface area contributed by atoms with Gasteiger partial charge in [0.1, 0.15) is 5.69 Å². The minimum absolute atomic E-state index is 0.300. The summed E-state index contributed by atoms with van der Waals surface area (Å²) in [5.74, 6) is 0.458. The highest BCUT2D eigenvalue weighted by molar-refractivity contribution is 5.61. The summed E-state index contributed by atoms with van der Waals surface area (Å²) in [5.41, 5.74) is 1.91. The van der Waals surface area contributed by atoms with Gasteiger partial charge in [-0.1, -0.05) is 6.07 Å². The monoisotopic (exact) mass is 250 g/mol. The van der Waals surface area contributed by atoms with E-state index in [-0.39, 0.29) is 5.56 Å². The molecule has 19 heavy (non-hydrogen) atoms. The molecule has 0 aliphatic carbocycles. The molecule has 0 spiro atoms. The van der Waals surface area contributed by atoms with E-state index in [1.54, 1.807) is 24.7 Å². The summed E-state index contributed by atoms with van der Waals surface area (Å²) in [7, 11) is 0. The first-order valence-electron chi connectivity index (χ1n) is 5.76. The second kappa shape index (κ2) is 4.81. The van der Waals surface area contributed by atoms with E-state index < -0.39 is 0 Å². The van der Waals surface area contributed by atoms with Crippen LogP contribution in [0.5, 0.6) is 0 Å². The van der Waals surface area contributed by atoms with E-state index in [1.807, 2.05) is 24.3 Å². The van der Waals surface area contributed by atoms with Crippen LogP contribution in [0.2, 0.25) is 0 Å². The number of H-pyrrole nitrogens is 1. The maximum Gasteiger partial charge on any atom is 0.273 e. The lowest BCUT2D eigenvalue weighted by molar-refractivity contribution is 1.10. The predicted octanol–water partition coefficient (Wildman–Crippen LogP) is 1.89. The Hall–Kier alpha value is -2.82. The summed E-state index contributed by atoms with van der Waals surface area (Å²) in [6.45, 7) is 0. The Morgan fingerprint density at radius 2 is 1.84 bits per heavy atom. The molecule has 0 bridgehead atoms. The summed E-state index contributed by atoms with van der Waals surface area (Å²) in [4.78, 5) is 26.9. The van der Waals surface area contributed by atoms with Gasteiger partial charge < -0.3 is 4.98 Å². The molecule has 3 heterocycles. The lowest BCUT2D eigenvalue weighted by Gasteiger charge is -2.04. The average molecular weight is 250 g/mol. The standard InChI is InChI=1S/C14H10N4O/c19-13-9-12(10-4-7-15-8-5-10)17-14(18-13)11-3-1-2-6-16-11/h1-9H,(H,17,18,19). The third-order valence-electron chi connectivity index (χ3n) is 2.64. The van der Waals surface area contributed by atoms with Crippen LogP contribution in [-0.4, -0.2) is 19.9 Å². The van der Waals surface area contributed by atoms with Crippen LogP contribution in [0.4, 0.5) is 0 Å². The number of nitrogens with one attached hydrogen (secondary N) is 1. The molecule has 92 valence electrons. The zero-order valence-corrected chi connectivity index (χ0v) is 9.95. The molecule has 5 nitrogen and oxygen atoms in total. The largest absolute Gasteiger partial charge is 0.338 e. The van der Waals surface area contributed by atoms with Crippen LogP contribution in [0.15, 0.2) is 59.8 Å².